The molecule has 0 radical (unpaired) electrons. The molecule has 0 aromatic heterocycles. The van der Waals surface area contributed by atoms with Crippen LogP contribution in [0.15, 0.2) is 53.4 Å². The topological polar surface area (TPSA) is 84.5 Å². The molecule has 2 aromatic rings. The highest BCUT2D eigenvalue weighted by atomic mass is 32.2. The lowest BCUT2D eigenvalue weighted by atomic mass is 10.1. The van der Waals surface area contributed by atoms with Gasteiger partial charge in [-0.3, -0.25) is 4.79 Å². The zero-order chi connectivity index (χ0) is 22.5. The molecule has 2 aromatic carbocycles. The molecule has 10 heteroatoms. The van der Waals surface area contributed by atoms with Crippen molar-refractivity contribution in [3.63, 3.8) is 0 Å². The molecule has 31 heavy (non-hydrogen) atoms. The summed E-state index contributed by atoms with van der Waals surface area (Å²) in [5.41, 5.74) is 0.0249. The molecule has 0 atom stereocenters. The molecular formula is C21H23F3N2O4S. The number of rotatable bonds is 10. The van der Waals surface area contributed by atoms with E-state index in [-0.39, 0.29) is 42.2 Å². The lowest BCUT2D eigenvalue weighted by Gasteiger charge is -2.11. The number of sulfonamides is 1. The Kier molecular flexibility index (Phi) is 7.22. The average Bonchev–Trinajstić information content (AvgIpc) is 3.53. The van der Waals surface area contributed by atoms with Crippen LogP contribution in [0.25, 0.3) is 0 Å². The molecule has 1 aliphatic rings. The van der Waals surface area contributed by atoms with Gasteiger partial charge in [-0.2, -0.15) is 13.2 Å². The SMILES string of the molecule is O=C(CCc1ccc(S(=O)(=O)NC2CC2)cc1)NCCOc1cccc(C(F)(F)F)c1. The molecule has 1 aliphatic carbocycles. The van der Waals surface area contributed by atoms with E-state index in [0.717, 1.165) is 30.5 Å². The van der Waals surface area contributed by atoms with Gasteiger partial charge in [0.05, 0.1) is 17.0 Å². The molecule has 0 unspecified atom stereocenters. The number of aryl methyl sites for hydroxylation is 1. The molecule has 1 amide bonds. The number of carbonyl (C=O) groups is 1. The molecule has 1 fully saturated rings. The van der Waals surface area contributed by atoms with Crippen molar-refractivity contribution in [2.24, 2.45) is 0 Å². The summed E-state index contributed by atoms with van der Waals surface area (Å²) in [5.74, 6) is -0.157. The molecule has 1 saturated carbocycles. The number of benzene rings is 2. The Balaban J connectivity index is 1.37. The van der Waals surface area contributed by atoms with E-state index in [1.165, 1.54) is 24.3 Å². The van der Waals surface area contributed by atoms with Gasteiger partial charge in [0.1, 0.15) is 12.4 Å². The van der Waals surface area contributed by atoms with Crippen molar-refractivity contribution in [2.45, 2.75) is 42.8 Å². The van der Waals surface area contributed by atoms with Crippen molar-refractivity contribution < 1.29 is 31.1 Å². The second kappa shape index (κ2) is 9.69. The molecule has 0 heterocycles. The first-order valence-electron chi connectivity index (χ1n) is 9.81. The van der Waals surface area contributed by atoms with E-state index in [1.54, 1.807) is 12.1 Å². The van der Waals surface area contributed by atoms with E-state index in [4.69, 9.17) is 4.74 Å². The van der Waals surface area contributed by atoms with Crippen LogP contribution in [0.4, 0.5) is 13.2 Å². The monoisotopic (exact) mass is 456 g/mol. The van der Waals surface area contributed by atoms with Crippen molar-refractivity contribution in [1.29, 1.82) is 0 Å². The fourth-order valence-electron chi connectivity index (χ4n) is 2.79. The third-order valence-corrected chi connectivity index (χ3v) is 6.16. The standard InChI is InChI=1S/C21H23F3N2O4S/c22-21(23,24)16-2-1-3-18(14-16)30-13-12-25-20(27)11-6-15-4-9-19(10-5-15)31(28,29)26-17-7-8-17/h1-5,9-10,14,17,26H,6-8,11-13H2,(H,25,27). The van der Waals surface area contributed by atoms with Crippen molar-refractivity contribution in [3.05, 3.63) is 59.7 Å². The first-order chi connectivity index (χ1) is 14.6. The Hall–Kier alpha value is -2.59. The van der Waals surface area contributed by atoms with Gasteiger partial charge in [0.15, 0.2) is 0 Å². The van der Waals surface area contributed by atoms with E-state index in [9.17, 15) is 26.4 Å². The minimum atomic E-state index is -4.44. The molecule has 6 nitrogen and oxygen atoms in total. The van der Waals surface area contributed by atoms with Crippen molar-refractivity contribution in [2.75, 3.05) is 13.2 Å². The van der Waals surface area contributed by atoms with Crippen molar-refractivity contribution in [3.8, 4) is 5.75 Å². The predicted octanol–water partition coefficient (Wildman–Crippen LogP) is 3.27. The summed E-state index contributed by atoms with van der Waals surface area (Å²) in [6, 6.07) is 11.0. The summed E-state index contributed by atoms with van der Waals surface area (Å²) in [5, 5.41) is 2.64. The zero-order valence-electron chi connectivity index (χ0n) is 16.6. The lowest BCUT2D eigenvalue weighted by Crippen LogP contribution is -2.28. The number of halogens is 3. The average molecular weight is 456 g/mol. The maximum atomic E-state index is 12.7. The molecule has 2 N–H and O–H groups in total. The van der Waals surface area contributed by atoms with Crippen LogP contribution in [0.1, 0.15) is 30.4 Å². The minimum Gasteiger partial charge on any atom is -0.492 e. The fourth-order valence-corrected chi connectivity index (χ4v) is 4.10. The van der Waals surface area contributed by atoms with Crippen LogP contribution in [-0.2, 0) is 27.4 Å². The van der Waals surface area contributed by atoms with Gasteiger partial charge >= 0.3 is 6.18 Å². The van der Waals surface area contributed by atoms with Gasteiger partial charge in [0.25, 0.3) is 0 Å². The third-order valence-electron chi connectivity index (χ3n) is 4.63. The molecule has 168 valence electrons. The first kappa shape index (κ1) is 23.1. The highest BCUT2D eigenvalue weighted by molar-refractivity contribution is 7.89. The molecular weight excluding hydrogens is 433 g/mol. The summed E-state index contributed by atoms with van der Waals surface area (Å²) < 4.78 is 70.2. The van der Waals surface area contributed by atoms with E-state index in [1.807, 2.05) is 0 Å². The van der Waals surface area contributed by atoms with Crippen LogP contribution in [0.2, 0.25) is 0 Å². The number of nitrogens with one attached hydrogen (secondary N) is 2. The van der Waals surface area contributed by atoms with Crippen molar-refractivity contribution >= 4 is 15.9 Å². The number of ether oxygens (including phenoxy) is 1. The maximum absolute atomic E-state index is 12.7. The molecule has 3 rings (SSSR count). The number of carbonyl (C=O) groups excluding carboxylic acids is 1. The van der Waals surface area contributed by atoms with Crippen LogP contribution in [0.5, 0.6) is 5.75 Å². The fraction of sp³-hybridized carbons (Fsp3) is 0.381. The molecule has 0 spiro atoms. The van der Waals surface area contributed by atoms with E-state index < -0.39 is 21.8 Å². The van der Waals surface area contributed by atoms with E-state index in [0.29, 0.717) is 6.42 Å². The minimum absolute atomic E-state index is 0.0333. The summed E-state index contributed by atoms with van der Waals surface area (Å²) in [6.45, 7) is 0.187. The van der Waals surface area contributed by atoms with Gasteiger partial charge in [-0.05, 0) is 55.2 Å². The quantitative estimate of drug-likeness (QED) is 0.538. The third kappa shape index (κ3) is 7.25. The Morgan fingerprint density at radius 1 is 1.10 bits per heavy atom. The first-order valence-corrected chi connectivity index (χ1v) is 11.3. The second-order valence-electron chi connectivity index (χ2n) is 7.26. The van der Waals surface area contributed by atoms with Gasteiger partial charge in [0.2, 0.25) is 15.9 Å². The zero-order valence-corrected chi connectivity index (χ0v) is 17.4. The number of hydrogen-bond donors (Lipinski definition) is 2. The lowest BCUT2D eigenvalue weighted by molar-refractivity contribution is -0.137. The van der Waals surface area contributed by atoms with Crippen LogP contribution in [0, 0.1) is 0 Å². The number of amides is 1. The largest absolute Gasteiger partial charge is 0.492 e. The molecule has 0 bridgehead atoms. The van der Waals surface area contributed by atoms with Gasteiger partial charge in [-0.15, -0.1) is 0 Å². The molecule has 0 saturated heterocycles. The Morgan fingerprint density at radius 3 is 2.45 bits per heavy atom. The van der Waals surface area contributed by atoms with Crippen LogP contribution in [-0.4, -0.2) is 33.5 Å². The highest BCUT2D eigenvalue weighted by Crippen LogP contribution is 2.31. The Labute approximate surface area is 178 Å². The van der Waals surface area contributed by atoms with Crippen molar-refractivity contribution in [1.82, 2.24) is 10.0 Å². The maximum Gasteiger partial charge on any atom is 0.416 e. The van der Waals surface area contributed by atoms with E-state index >= 15 is 0 Å². The second-order valence-corrected chi connectivity index (χ2v) is 8.98. The van der Waals surface area contributed by atoms with Gasteiger partial charge in [-0.1, -0.05) is 18.2 Å². The van der Waals surface area contributed by atoms with Crippen LogP contribution < -0.4 is 14.8 Å². The van der Waals surface area contributed by atoms with Gasteiger partial charge in [0, 0.05) is 12.5 Å². The van der Waals surface area contributed by atoms with Crippen LogP contribution >= 0.6 is 0 Å². The Bertz CT molecular complexity index is 1000. The number of hydrogen-bond acceptors (Lipinski definition) is 4. The smallest absolute Gasteiger partial charge is 0.416 e. The number of alkyl halides is 3. The normalized spacial score (nSPS) is 14.3. The van der Waals surface area contributed by atoms with Gasteiger partial charge < -0.3 is 10.1 Å². The summed E-state index contributed by atoms with van der Waals surface area (Å²) >= 11 is 0. The summed E-state index contributed by atoms with van der Waals surface area (Å²) in [6.07, 6.45) is -2.11. The summed E-state index contributed by atoms with van der Waals surface area (Å²) in [7, 11) is -3.50. The summed E-state index contributed by atoms with van der Waals surface area (Å²) in [4.78, 5) is 12.1. The highest BCUT2D eigenvalue weighted by Gasteiger charge is 2.30. The van der Waals surface area contributed by atoms with Gasteiger partial charge in [-0.25, -0.2) is 13.1 Å². The predicted molar refractivity (Wildman–Crippen MR) is 108 cm³/mol. The molecule has 0 aliphatic heterocycles. The Morgan fingerprint density at radius 2 is 1.81 bits per heavy atom. The van der Waals surface area contributed by atoms with E-state index in [2.05, 4.69) is 10.0 Å². The van der Waals surface area contributed by atoms with Crippen LogP contribution in [0.3, 0.4) is 0 Å².